The molecule has 0 fully saturated rings. The minimum Gasteiger partial charge on any atom is -0.382 e. The molecular weight excluding hydrogens is 234 g/mol. The van der Waals surface area contributed by atoms with E-state index in [0.29, 0.717) is 6.54 Å². The summed E-state index contributed by atoms with van der Waals surface area (Å²) in [6.07, 6.45) is 4.14. The summed E-state index contributed by atoms with van der Waals surface area (Å²) in [6, 6.07) is 4.97. The molecule has 0 unspecified atom stereocenters. The highest BCUT2D eigenvalue weighted by Crippen LogP contribution is 2.11. The maximum atomic E-state index is 10.4. The molecule has 0 amide bonds. The molecule has 0 radical (unpaired) electrons. The molecule has 7 nitrogen and oxygen atoms in total. The van der Waals surface area contributed by atoms with Gasteiger partial charge < -0.3 is 15.4 Å². The molecule has 0 spiro atoms. The number of nitrogens with one attached hydrogen (secondary N) is 1. The van der Waals surface area contributed by atoms with E-state index in [9.17, 15) is 10.1 Å². The Morgan fingerprint density at radius 3 is 2.83 bits per heavy atom. The molecule has 0 aromatic carbocycles. The molecule has 7 heteroatoms. The lowest BCUT2D eigenvalue weighted by Crippen LogP contribution is -2.06. The smallest absolute Gasteiger partial charge is 0.363 e. The van der Waals surface area contributed by atoms with Gasteiger partial charge in [0.05, 0.1) is 11.4 Å². The van der Waals surface area contributed by atoms with Crippen LogP contribution in [0.3, 0.4) is 0 Å². The molecule has 0 aliphatic carbocycles. The summed E-state index contributed by atoms with van der Waals surface area (Å²) in [4.78, 5) is 13.6. The third-order valence-corrected chi connectivity index (χ3v) is 2.41. The fraction of sp³-hybridized carbons (Fsp3) is 0.273. The number of rotatable bonds is 5. The van der Waals surface area contributed by atoms with E-state index in [0.717, 1.165) is 17.8 Å². The van der Waals surface area contributed by atoms with Crippen molar-refractivity contribution in [3.05, 3.63) is 46.4 Å². The highest BCUT2D eigenvalue weighted by molar-refractivity contribution is 5.43. The number of aromatic nitrogens is 3. The molecule has 2 aromatic rings. The molecular formula is C11H13N5O2. The van der Waals surface area contributed by atoms with Crippen molar-refractivity contribution in [2.75, 3.05) is 11.9 Å². The first-order chi connectivity index (χ1) is 8.65. The lowest BCUT2D eigenvalue weighted by atomic mass is 10.3. The summed E-state index contributed by atoms with van der Waals surface area (Å²) in [7, 11) is 1.87. The number of anilines is 1. The SMILES string of the molecule is Cn1ccc(CCNc2ccc([N+](=O)[O-])nc2)n1. The van der Waals surface area contributed by atoms with Gasteiger partial charge in [0, 0.05) is 32.3 Å². The molecule has 2 heterocycles. The van der Waals surface area contributed by atoms with E-state index in [1.54, 1.807) is 10.7 Å². The Bertz CT molecular complexity index is 535. The fourth-order valence-electron chi connectivity index (χ4n) is 1.53. The van der Waals surface area contributed by atoms with Gasteiger partial charge in [-0.1, -0.05) is 0 Å². The van der Waals surface area contributed by atoms with Gasteiger partial charge in [0.25, 0.3) is 0 Å². The fourth-order valence-corrected chi connectivity index (χ4v) is 1.53. The van der Waals surface area contributed by atoms with Gasteiger partial charge in [0.1, 0.15) is 0 Å². The quantitative estimate of drug-likeness (QED) is 0.637. The van der Waals surface area contributed by atoms with Crippen molar-refractivity contribution in [2.45, 2.75) is 6.42 Å². The molecule has 0 bridgehead atoms. The van der Waals surface area contributed by atoms with Gasteiger partial charge in [-0.2, -0.15) is 5.10 Å². The second-order valence-corrected chi connectivity index (χ2v) is 3.82. The van der Waals surface area contributed by atoms with E-state index >= 15 is 0 Å². The third kappa shape index (κ3) is 3.03. The first-order valence-electron chi connectivity index (χ1n) is 5.48. The summed E-state index contributed by atoms with van der Waals surface area (Å²) in [6.45, 7) is 0.705. The van der Waals surface area contributed by atoms with Gasteiger partial charge >= 0.3 is 5.82 Å². The van der Waals surface area contributed by atoms with Gasteiger partial charge in [0.15, 0.2) is 6.20 Å². The average Bonchev–Trinajstić information content (AvgIpc) is 2.76. The minimum atomic E-state index is -0.516. The summed E-state index contributed by atoms with van der Waals surface area (Å²) in [5, 5.41) is 17.8. The molecule has 2 rings (SSSR count). The largest absolute Gasteiger partial charge is 0.382 e. The van der Waals surface area contributed by atoms with Crippen LogP contribution in [0, 0.1) is 10.1 Å². The predicted octanol–water partition coefficient (Wildman–Crippen LogP) is 1.38. The van der Waals surface area contributed by atoms with Crippen LogP contribution in [0.2, 0.25) is 0 Å². The monoisotopic (exact) mass is 247 g/mol. The van der Waals surface area contributed by atoms with Crippen LogP contribution in [0.1, 0.15) is 5.69 Å². The molecule has 94 valence electrons. The van der Waals surface area contributed by atoms with E-state index < -0.39 is 4.92 Å². The number of hydrogen-bond donors (Lipinski definition) is 1. The van der Waals surface area contributed by atoms with Gasteiger partial charge in [-0.3, -0.25) is 4.68 Å². The second-order valence-electron chi connectivity index (χ2n) is 3.82. The van der Waals surface area contributed by atoms with Crippen LogP contribution >= 0.6 is 0 Å². The van der Waals surface area contributed by atoms with Crippen LogP contribution in [-0.2, 0) is 13.5 Å². The molecule has 0 aliphatic heterocycles. The zero-order chi connectivity index (χ0) is 13.0. The Morgan fingerprint density at radius 1 is 1.44 bits per heavy atom. The van der Waals surface area contributed by atoms with E-state index in [-0.39, 0.29) is 5.82 Å². The Balaban J connectivity index is 1.85. The summed E-state index contributed by atoms with van der Waals surface area (Å²) >= 11 is 0. The second kappa shape index (κ2) is 5.26. The van der Waals surface area contributed by atoms with E-state index in [2.05, 4.69) is 15.4 Å². The Kier molecular flexibility index (Phi) is 3.52. The molecule has 18 heavy (non-hydrogen) atoms. The zero-order valence-corrected chi connectivity index (χ0v) is 9.91. The Hall–Kier alpha value is -2.44. The number of hydrogen-bond acceptors (Lipinski definition) is 5. The van der Waals surface area contributed by atoms with Crippen LogP contribution < -0.4 is 5.32 Å². The van der Waals surface area contributed by atoms with Crippen molar-refractivity contribution < 1.29 is 4.92 Å². The number of nitrogens with zero attached hydrogens (tertiary/aromatic N) is 4. The first-order valence-corrected chi connectivity index (χ1v) is 5.48. The summed E-state index contributed by atoms with van der Waals surface area (Å²) in [5.74, 6) is -0.148. The van der Waals surface area contributed by atoms with E-state index in [1.807, 2.05) is 19.3 Å². The van der Waals surface area contributed by atoms with Gasteiger partial charge in [-0.05, 0) is 22.0 Å². The van der Waals surface area contributed by atoms with Crippen LogP contribution in [0.25, 0.3) is 0 Å². The Morgan fingerprint density at radius 2 is 2.28 bits per heavy atom. The van der Waals surface area contributed by atoms with E-state index in [1.165, 1.54) is 12.3 Å². The molecule has 1 N–H and O–H groups in total. The number of aryl methyl sites for hydroxylation is 1. The lowest BCUT2D eigenvalue weighted by molar-refractivity contribution is -0.389. The van der Waals surface area contributed by atoms with Crippen LogP contribution in [0.4, 0.5) is 11.5 Å². The topological polar surface area (TPSA) is 85.9 Å². The molecule has 0 saturated carbocycles. The van der Waals surface area contributed by atoms with Crippen LogP contribution in [0.15, 0.2) is 30.6 Å². The highest BCUT2D eigenvalue weighted by atomic mass is 16.6. The standard InChI is InChI=1S/C11H13N5O2/c1-15-7-5-9(14-15)4-6-12-10-2-3-11(13-8-10)16(17)18/h2-3,5,7-8,12H,4,6H2,1H3. The molecule has 0 atom stereocenters. The van der Waals surface area contributed by atoms with Gasteiger partial charge in [-0.25, -0.2) is 0 Å². The highest BCUT2D eigenvalue weighted by Gasteiger charge is 2.05. The van der Waals surface area contributed by atoms with E-state index in [4.69, 9.17) is 0 Å². The van der Waals surface area contributed by atoms with Crippen molar-refractivity contribution in [3.63, 3.8) is 0 Å². The third-order valence-electron chi connectivity index (χ3n) is 2.41. The van der Waals surface area contributed by atoms with Crippen molar-refractivity contribution in [2.24, 2.45) is 7.05 Å². The van der Waals surface area contributed by atoms with Crippen LogP contribution in [-0.4, -0.2) is 26.2 Å². The van der Waals surface area contributed by atoms with Gasteiger partial charge in [-0.15, -0.1) is 0 Å². The van der Waals surface area contributed by atoms with Crippen molar-refractivity contribution in [1.29, 1.82) is 0 Å². The number of nitro groups is 1. The van der Waals surface area contributed by atoms with Crippen molar-refractivity contribution >= 4 is 11.5 Å². The Labute approximate surface area is 104 Å². The zero-order valence-electron chi connectivity index (χ0n) is 9.91. The maximum absolute atomic E-state index is 10.4. The number of pyridine rings is 1. The van der Waals surface area contributed by atoms with Crippen LogP contribution in [0.5, 0.6) is 0 Å². The molecule has 2 aromatic heterocycles. The van der Waals surface area contributed by atoms with Gasteiger partial charge in [0.2, 0.25) is 0 Å². The first kappa shape index (κ1) is 12.0. The minimum absolute atomic E-state index is 0.148. The molecule has 0 aliphatic rings. The summed E-state index contributed by atoms with van der Waals surface area (Å²) < 4.78 is 1.75. The van der Waals surface area contributed by atoms with Crippen molar-refractivity contribution in [1.82, 2.24) is 14.8 Å². The average molecular weight is 247 g/mol. The maximum Gasteiger partial charge on any atom is 0.363 e. The molecule has 0 saturated heterocycles. The van der Waals surface area contributed by atoms with Crippen molar-refractivity contribution in [3.8, 4) is 0 Å². The lowest BCUT2D eigenvalue weighted by Gasteiger charge is -2.02. The normalized spacial score (nSPS) is 10.3. The summed E-state index contributed by atoms with van der Waals surface area (Å²) in [5.41, 5.74) is 1.76. The predicted molar refractivity (Wildman–Crippen MR) is 66.3 cm³/mol.